The maximum atomic E-state index is 7.19. The zero-order valence-electron chi connectivity index (χ0n) is 6.00. The Kier molecular flexibility index (Phi) is 3.18. The van der Waals surface area contributed by atoms with Gasteiger partial charge in [-0.05, 0) is 6.37 Å². The second-order valence-electron chi connectivity index (χ2n) is 1.13. The van der Waals surface area contributed by atoms with Crippen LogP contribution in [-0.4, -0.2) is 5.33 Å². The smallest absolute Gasteiger partial charge is 0.0275 e. The monoisotopic (exact) mass is 152 g/mol. The molecular weight excluding hydrogens is 140 g/mol. The van der Waals surface area contributed by atoms with E-state index in [0.717, 1.165) is 6.42 Å². The molecule has 0 N–H and O–H groups in total. The molecule has 0 saturated carbocycles. The predicted molar refractivity (Wildman–Crippen MR) is 33.3 cm³/mol. The first-order valence-corrected chi connectivity index (χ1v) is 3.30. The zero-order chi connectivity index (χ0) is 6.62. The largest absolute Gasteiger partial charge is 0.0928 e. The van der Waals surface area contributed by atoms with Gasteiger partial charge in [0.05, 0.1) is 0 Å². The third kappa shape index (κ3) is 4.48. The molecule has 0 radical (unpaired) electrons. The summed E-state index contributed by atoms with van der Waals surface area (Å²) in [5, 5.41) is 0.452. The molecule has 6 heavy (non-hydrogen) atoms. The summed E-state index contributed by atoms with van der Waals surface area (Å²) in [5.41, 5.74) is 0. The van der Waals surface area contributed by atoms with Crippen molar-refractivity contribution in [1.29, 1.82) is 0 Å². The van der Waals surface area contributed by atoms with Crippen molar-refractivity contribution >= 4 is 15.9 Å². The van der Waals surface area contributed by atoms with E-state index in [1.165, 1.54) is 0 Å². The van der Waals surface area contributed by atoms with Crippen LogP contribution in [0, 0.1) is 0 Å². The first-order chi connectivity index (χ1) is 3.62. The fraction of sp³-hybridized carbons (Fsp3) is 1.00. The average Bonchev–Trinajstić information content (AvgIpc) is 1.67. The summed E-state index contributed by atoms with van der Waals surface area (Å²) in [6.45, 7) is 1.99. The number of rotatable bonds is 3. The van der Waals surface area contributed by atoms with Crippen LogP contribution in [0.15, 0.2) is 0 Å². The number of hydrogen-bond acceptors (Lipinski definition) is 0. The molecular formula is C5H11Br. The van der Waals surface area contributed by atoms with Crippen LogP contribution in [0.1, 0.15) is 28.9 Å². The second-order valence-corrected chi connectivity index (χ2v) is 1.69. The molecule has 0 aromatic heterocycles. The predicted octanol–water partition coefficient (Wildman–Crippen LogP) is 2.57. The molecule has 0 aliphatic carbocycles. The van der Waals surface area contributed by atoms with Crippen LogP contribution in [0.5, 0.6) is 0 Å². The molecule has 0 unspecified atom stereocenters. The molecule has 0 saturated heterocycles. The van der Waals surface area contributed by atoms with Gasteiger partial charge in [0.2, 0.25) is 0 Å². The van der Waals surface area contributed by atoms with Gasteiger partial charge < -0.3 is 0 Å². The Hall–Kier alpha value is 0.480. The van der Waals surface area contributed by atoms with Gasteiger partial charge in [0.15, 0.2) is 0 Å². The standard InChI is InChI=1S/C5H11Br/c1-2-3-4-5-6/h2-5H2,1H3/i4D2. The van der Waals surface area contributed by atoms with Crippen LogP contribution >= 0.6 is 15.9 Å². The molecule has 0 aromatic carbocycles. The summed E-state index contributed by atoms with van der Waals surface area (Å²) in [6, 6.07) is 0. The lowest BCUT2D eigenvalue weighted by atomic mass is 10.3. The molecule has 0 atom stereocenters. The minimum Gasteiger partial charge on any atom is -0.0928 e. The molecule has 0 nitrogen and oxygen atoms in total. The molecule has 0 amide bonds. The number of hydrogen-bond donors (Lipinski definition) is 0. The first-order valence-electron chi connectivity index (χ1n) is 3.18. The highest BCUT2D eigenvalue weighted by Gasteiger charge is 1.76. The highest BCUT2D eigenvalue weighted by atomic mass is 79.9. The summed E-state index contributed by atoms with van der Waals surface area (Å²) in [4.78, 5) is 0. The molecule has 0 fully saturated rings. The van der Waals surface area contributed by atoms with Gasteiger partial charge in [0, 0.05) is 8.07 Å². The Bertz CT molecular complexity index is 63.4. The molecule has 0 aliphatic rings. The first kappa shape index (κ1) is 3.48. The van der Waals surface area contributed by atoms with Crippen LogP contribution in [0.4, 0.5) is 0 Å². The van der Waals surface area contributed by atoms with E-state index in [0.29, 0.717) is 11.8 Å². The highest BCUT2D eigenvalue weighted by Crippen LogP contribution is 1.95. The quantitative estimate of drug-likeness (QED) is 0.546. The summed E-state index contributed by atoms with van der Waals surface area (Å²) in [6.07, 6.45) is 0.575. The van der Waals surface area contributed by atoms with Gasteiger partial charge in [-0.25, -0.2) is 0 Å². The van der Waals surface area contributed by atoms with Crippen LogP contribution < -0.4 is 0 Å². The number of alkyl halides is 1. The minimum atomic E-state index is -0.991. The Morgan fingerprint density at radius 1 is 1.83 bits per heavy atom. The SMILES string of the molecule is [2H]C([2H])(CBr)CCC. The highest BCUT2D eigenvalue weighted by molar-refractivity contribution is 9.09. The van der Waals surface area contributed by atoms with E-state index < -0.39 is 6.37 Å². The van der Waals surface area contributed by atoms with E-state index >= 15 is 0 Å². The van der Waals surface area contributed by atoms with Crippen LogP contribution in [0.25, 0.3) is 0 Å². The van der Waals surface area contributed by atoms with Crippen LogP contribution in [0.2, 0.25) is 0 Å². The summed E-state index contributed by atoms with van der Waals surface area (Å²) >= 11 is 3.10. The Balaban J connectivity index is 3.37. The maximum absolute atomic E-state index is 7.19. The molecule has 1 heteroatoms. The molecule has 0 bridgehead atoms. The Morgan fingerprint density at radius 2 is 2.50 bits per heavy atom. The van der Waals surface area contributed by atoms with Crippen molar-refractivity contribution < 1.29 is 2.74 Å². The third-order valence-electron chi connectivity index (χ3n) is 0.521. The topological polar surface area (TPSA) is 0 Å². The van der Waals surface area contributed by atoms with Crippen molar-refractivity contribution in [3.63, 3.8) is 0 Å². The summed E-state index contributed by atoms with van der Waals surface area (Å²) in [5.74, 6) is 0. The molecule has 0 heterocycles. The molecule has 0 rings (SSSR count). The lowest BCUT2D eigenvalue weighted by Crippen LogP contribution is -1.70. The molecule has 0 aliphatic heterocycles. The van der Waals surface area contributed by atoms with Gasteiger partial charge in [0.25, 0.3) is 0 Å². The third-order valence-corrected chi connectivity index (χ3v) is 0.918. The molecule has 38 valence electrons. The zero-order valence-corrected chi connectivity index (χ0v) is 5.59. The van der Waals surface area contributed by atoms with Gasteiger partial charge in [-0.3, -0.25) is 0 Å². The molecule has 0 spiro atoms. The van der Waals surface area contributed by atoms with Crippen LogP contribution in [0.3, 0.4) is 0 Å². The van der Waals surface area contributed by atoms with E-state index in [-0.39, 0.29) is 0 Å². The Morgan fingerprint density at radius 3 is 2.67 bits per heavy atom. The van der Waals surface area contributed by atoms with Crippen molar-refractivity contribution in [1.82, 2.24) is 0 Å². The second kappa shape index (κ2) is 5.48. The van der Waals surface area contributed by atoms with Gasteiger partial charge in [-0.15, -0.1) is 0 Å². The fourth-order valence-corrected chi connectivity index (χ4v) is 0.524. The van der Waals surface area contributed by atoms with Crippen molar-refractivity contribution in [2.24, 2.45) is 0 Å². The van der Waals surface area contributed by atoms with E-state index in [4.69, 9.17) is 2.74 Å². The van der Waals surface area contributed by atoms with Gasteiger partial charge in [-0.1, -0.05) is 35.7 Å². The maximum Gasteiger partial charge on any atom is 0.0275 e. The summed E-state index contributed by atoms with van der Waals surface area (Å²) in [7, 11) is 0. The lowest BCUT2D eigenvalue weighted by Gasteiger charge is -1.85. The van der Waals surface area contributed by atoms with E-state index in [9.17, 15) is 0 Å². The average molecular weight is 153 g/mol. The van der Waals surface area contributed by atoms with E-state index in [1.54, 1.807) is 0 Å². The van der Waals surface area contributed by atoms with Gasteiger partial charge in [-0.2, -0.15) is 0 Å². The van der Waals surface area contributed by atoms with Crippen molar-refractivity contribution in [3.8, 4) is 0 Å². The van der Waals surface area contributed by atoms with Crippen molar-refractivity contribution in [3.05, 3.63) is 0 Å². The van der Waals surface area contributed by atoms with E-state index in [2.05, 4.69) is 15.9 Å². The van der Waals surface area contributed by atoms with Crippen LogP contribution in [-0.2, 0) is 0 Å². The minimum absolute atomic E-state index is 0.452. The van der Waals surface area contributed by atoms with Gasteiger partial charge >= 0.3 is 0 Å². The summed E-state index contributed by atoms with van der Waals surface area (Å²) < 4.78 is 14.4. The lowest BCUT2D eigenvalue weighted by molar-refractivity contribution is 0.781. The van der Waals surface area contributed by atoms with E-state index in [1.807, 2.05) is 6.92 Å². The number of halogens is 1. The fourth-order valence-electron chi connectivity index (χ4n) is 0.244. The van der Waals surface area contributed by atoms with Crippen molar-refractivity contribution in [2.45, 2.75) is 26.1 Å². The molecule has 0 aromatic rings. The normalized spacial score (nSPS) is 16.3. The van der Waals surface area contributed by atoms with Gasteiger partial charge in [0.1, 0.15) is 0 Å². The van der Waals surface area contributed by atoms with Crippen molar-refractivity contribution in [2.75, 3.05) is 5.33 Å². The Labute approximate surface area is 50.9 Å².